The SMILES string of the molecule is Fc1ccc(Oc2ccon2)c(F)c1. The maximum Gasteiger partial charge on any atom is 0.259 e. The number of rotatable bonds is 2. The van der Waals surface area contributed by atoms with Crippen LogP contribution in [0.25, 0.3) is 0 Å². The molecule has 14 heavy (non-hydrogen) atoms. The van der Waals surface area contributed by atoms with Crippen LogP contribution in [0.15, 0.2) is 35.1 Å². The van der Waals surface area contributed by atoms with Gasteiger partial charge in [0.1, 0.15) is 12.1 Å². The van der Waals surface area contributed by atoms with Gasteiger partial charge in [-0.2, -0.15) is 0 Å². The molecule has 1 aromatic carbocycles. The molecule has 0 bridgehead atoms. The van der Waals surface area contributed by atoms with Crippen LogP contribution in [0.1, 0.15) is 0 Å². The highest BCUT2D eigenvalue weighted by molar-refractivity contribution is 5.28. The van der Waals surface area contributed by atoms with Crippen molar-refractivity contribution >= 4 is 0 Å². The summed E-state index contributed by atoms with van der Waals surface area (Å²) in [5.74, 6) is -1.42. The highest BCUT2D eigenvalue weighted by atomic mass is 19.1. The van der Waals surface area contributed by atoms with E-state index in [0.717, 1.165) is 12.1 Å². The lowest BCUT2D eigenvalue weighted by Gasteiger charge is -2.01. The molecule has 0 aliphatic heterocycles. The van der Waals surface area contributed by atoms with Gasteiger partial charge in [0.05, 0.1) is 0 Å². The van der Waals surface area contributed by atoms with Gasteiger partial charge in [0.25, 0.3) is 5.88 Å². The summed E-state index contributed by atoms with van der Waals surface area (Å²) in [6.45, 7) is 0. The van der Waals surface area contributed by atoms with Crippen LogP contribution in [-0.2, 0) is 0 Å². The molecule has 0 spiro atoms. The Hall–Kier alpha value is -1.91. The Morgan fingerprint density at radius 2 is 2.07 bits per heavy atom. The smallest absolute Gasteiger partial charge is 0.259 e. The molecule has 2 aromatic rings. The molecule has 0 aliphatic carbocycles. The van der Waals surface area contributed by atoms with Gasteiger partial charge >= 0.3 is 0 Å². The molecule has 0 unspecified atom stereocenters. The van der Waals surface area contributed by atoms with Gasteiger partial charge in [-0.25, -0.2) is 8.78 Å². The molecule has 1 aromatic heterocycles. The van der Waals surface area contributed by atoms with E-state index >= 15 is 0 Å². The van der Waals surface area contributed by atoms with Gasteiger partial charge in [-0.05, 0) is 17.3 Å². The average molecular weight is 197 g/mol. The number of hydrogen-bond acceptors (Lipinski definition) is 3. The van der Waals surface area contributed by atoms with E-state index in [9.17, 15) is 8.78 Å². The Morgan fingerprint density at radius 3 is 2.71 bits per heavy atom. The van der Waals surface area contributed by atoms with E-state index in [1.807, 2.05) is 0 Å². The molecular weight excluding hydrogens is 192 g/mol. The topological polar surface area (TPSA) is 35.3 Å². The summed E-state index contributed by atoms with van der Waals surface area (Å²) in [6, 6.07) is 4.43. The maximum atomic E-state index is 13.0. The van der Waals surface area contributed by atoms with E-state index in [-0.39, 0.29) is 11.6 Å². The summed E-state index contributed by atoms with van der Waals surface area (Å²) in [6.07, 6.45) is 1.29. The van der Waals surface area contributed by atoms with Crippen LogP contribution >= 0.6 is 0 Å². The maximum absolute atomic E-state index is 13.0. The van der Waals surface area contributed by atoms with Gasteiger partial charge in [-0.15, -0.1) is 0 Å². The molecule has 0 radical (unpaired) electrons. The first-order valence-electron chi connectivity index (χ1n) is 3.79. The van der Waals surface area contributed by atoms with Crippen LogP contribution in [0, 0.1) is 11.6 Å². The molecular formula is C9H5F2NO2. The minimum absolute atomic E-state index is 0.0969. The first kappa shape index (κ1) is 8.68. The minimum Gasteiger partial charge on any atom is -0.433 e. The molecule has 0 atom stereocenters. The number of hydrogen-bond donors (Lipinski definition) is 0. The molecule has 3 nitrogen and oxygen atoms in total. The normalized spacial score (nSPS) is 10.1. The zero-order valence-electron chi connectivity index (χ0n) is 6.91. The summed E-state index contributed by atoms with van der Waals surface area (Å²) < 4.78 is 35.0. The molecule has 0 amide bonds. The molecule has 0 N–H and O–H groups in total. The molecule has 1 heterocycles. The second kappa shape index (κ2) is 3.45. The van der Waals surface area contributed by atoms with Crippen LogP contribution in [0.2, 0.25) is 0 Å². The predicted octanol–water partition coefficient (Wildman–Crippen LogP) is 2.75. The Morgan fingerprint density at radius 1 is 1.21 bits per heavy atom. The zero-order valence-corrected chi connectivity index (χ0v) is 6.91. The van der Waals surface area contributed by atoms with Crippen molar-refractivity contribution in [3.05, 3.63) is 42.2 Å². The van der Waals surface area contributed by atoms with Crippen LogP contribution in [0.3, 0.4) is 0 Å². The summed E-state index contributed by atoms with van der Waals surface area (Å²) >= 11 is 0. The quantitative estimate of drug-likeness (QED) is 0.742. The van der Waals surface area contributed by atoms with Gasteiger partial charge in [-0.1, -0.05) is 0 Å². The van der Waals surface area contributed by atoms with E-state index in [4.69, 9.17) is 4.74 Å². The molecule has 72 valence electrons. The molecule has 5 heteroatoms. The van der Waals surface area contributed by atoms with Crippen molar-refractivity contribution < 1.29 is 18.0 Å². The fourth-order valence-electron chi connectivity index (χ4n) is 0.925. The summed E-state index contributed by atoms with van der Waals surface area (Å²) in [5.41, 5.74) is 0. The highest BCUT2D eigenvalue weighted by Gasteiger charge is 2.07. The van der Waals surface area contributed by atoms with E-state index in [2.05, 4.69) is 9.68 Å². The largest absolute Gasteiger partial charge is 0.433 e. The van der Waals surface area contributed by atoms with Crippen LogP contribution in [-0.4, -0.2) is 5.16 Å². The number of aromatic nitrogens is 1. The van der Waals surface area contributed by atoms with Crippen molar-refractivity contribution in [3.63, 3.8) is 0 Å². The van der Waals surface area contributed by atoms with Crippen molar-refractivity contribution in [3.8, 4) is 11.6 Å². The Balaban J connectivity index is 2.25. The fourth-order valence-corrected chi connectivity index (χ4v) is 0.925. The predicted molar refractivity (Wildman–Crippen MR) is 42.9 cm³/mol. The number of benzene rings is 1. The van der Waals surface area contributed by atoms with E-state index in [1.165, 1.54) is 18.4 Å². The Labute approximate surface area is 77.9 Å². The number of halogens is 2. The lowest BCUT2D eigenvalue weighted by atomic mass is 10.3. The van der Waals surface area contributed by atoms with Crippen molar-refractivity contribution in [1.29, 1.82) is 0 Å². The fraction of sp³-hybridized carbons (Fsp3) is 0. The van der Waals surface area contributed by atoms with Crippen molar-refractivity contribution in [2.75, 3.05) is 0 Å². The summed E-state index contributed by atoms with van der Waals surface area (Å²) in [7, 11) is 0. The third-order valence-corrected chi connectivity index (χ3v) is 1.52. The van der Waals surface area contributed by atoms with E-state index in [0.29, 0.717) is 0 Å². The van der Waals surface area contributed by atoms with Crippen molar-refractivity contribution in [1.82, 2.24) is 5.16 Å². The van der Waals surface area contributed by atoms with Gasteiger partial charge in [0.2, 0.25) is 0 Å². The monoisotopic (exact) mass is 197 g/mol. The van der Waals surface area contributed by atoms with E-state index < -0.39 is 11.6 Å². The molecule has 2 rings (SSSR count). The molecule has 0 saturated carbocycles. The summed E-state index contributed by atoms with van der Waals surface area (Å²) in [4.78, 5) is 0. The van der Waals surface area contributed by atoms with Gasteiger partial charge in [0.15, 0.2) is 11.6 Å². The minimum atomic E-state index is -0.784. The molecule has 0 fully saturated rings. The van der Waals surface area contributed by atoms with Crippen LogP contribution in [0.5, 0.6) is 11.6 Å². The zero-order chi connectivity index (χ0) is 9.97. The number of ether oxygens (including phenoxy) is 1. The second-order valence-corrected chi connectivity index (χ2v) is 2.51. The average Bonchev–Trinajstić information content (AvgIpc) is 2.62. The van der Waals surface area contributed by atoms with Gasteiger partial charge in [-0.3, -0.25) is 0 Å². The third-order valence-electron chi connectivity index (χ3n) is 1.52. The Kier molecular flexibility index (Phi) is 2.14. The standard InChI is InChI=1S/C9H5F2NO2/c10-6-1-2-8(7(11)5-6)14-9-3-4-13-12-9/h1-5H. The van der Waals surface area contributed by atoms with Gasteiger partial charge in [0, 0.05) is 12.1 Å². The number of nitrogens with zero attached hydrogens (tertiary/aromatic N) is 1. The highest BCUT2D eigenvalue weighted by Crippen LogP contribution is 2.23. The van der Waals surface area contributed by atoms with Crippen LogP contribution in [0.4, 0.5) is 8.78 Å². The first-order chi connectivity index (χ1) is 6.75. The Bertz CT molecular complexity index is 428. The summed E-state index contributed by atoms with van der Waals surface area (Å²) in [5, 5.41) is 3.42. The molecule has 0 aliphatic rings. The van der Waals surface area contributed by atoms with E-state index in [1.54, 1.807) is 0 Å². The van der Waals surface area contributed by atoms with Gasteiger partial charge < -0.3 is 9.26 Å². The lowest BCUT2D eigenvalue weighted by molar-refractivity contribution is 0.357. The van der Waals surface area contributed by atoms with Crippen molar-refractivity contribution in [2.45, 2.75) is 0 Å². The molecule has 0 saturated heterocycles. The first-order valence-corrected chi connectivity index (χ1v) is 3.79. The lowest BCUT2D eigenvalue weighted by Crippen LogP contribution is -1.89. The van der Waals surface area contributed by atoms with Crippen LogP contribution < -0.4 is 4.74 Å². The van der Waals surface area contributed by atoms with Crippen molar-refractivity contribution in [2.24, 2.45) is 0 Å². The third kappa shape index (κ3) is 1.71. The second-order valence-electron chi connectivity index (χ2n) is 2.51.